The molecule has 2 aromatic carbocycles. The van der Waals surface area contributed by atoms with Crippen molar-refractivity contribution in [1.29, 1.82) is 0 Å². The van der Waals surface area contributed by atoms with Crippen LogP contribution in [0.5, 0.6) is 0 Å². The van der Waals surface area contributed by atoms with Gasteiger partial charge in [-0.05, 0) is 31.2 Å². The summed E-state index contributed by atoms with van der Waals surface area (Å²) in [5.74, 6) is -1.96. The van der Waals surface area contributed by atoms with Crippen molar-refractivity contribution in [3.8, 4) is 0 Å². The van der Waals surface area contributed by atoms with E-state index in [2.05, 4.69) is 9.97 Å². The second-order valence-corrected chi connectivity index (χ2v) is 9.54. The standard InChI is InChI=1S/C27H26N4O8S/c1-16(38-25(34)19-11-7-4-8-12-19)23(31-22-21(40-27(31)35)13-29-26(28)30-22)39-20(14-36-17(2)32)15-37-24(33)18-9-5-3-6-10-18/h3-13,16,20,23H,14-15H2,1-2H3,(H2,28,29,30)/t16-,20+,23-/m1/s1. The van der Waals surface area contributed by atoms with E-state index in [1.807, 2.05) is 0 Å². The highest BCUT2D eigenvalue weighted by Crippen LogP contribution is 2.26. The zero-order valence-corrected chi connectivity index (χ0v) is 22.4. The minimum atomic E-state index is -1.28. The molecule has 0 fully saturated rings. The average Bonchev–Trinajstić information content (AvgIpc) is 3.27. The van der Waals surface area contributed by atoms with E-state index in [9.17, 15) is 19.2 Å². The number of esters is 3. The molecule has 0 amide bonds. The molecule has 0 spiro atoms. The van der Waals surface area contributed by atoms with Crippen molar-refractivity contribution in [3.63, 3.8) is 0 Å². The van der Waals surface area contributed by atoms with Crippen LogP contribution in [0.1, 0.15) is 40.8 Å². The number of rotatable bonds is 11. The van der Waals surface area contributed by atoms with Gasteiger partial charge in [0.15, 0.2) is 11.9 Å². The Labute approximate surface area is 232 Å². The van der Waals surface area contributed by atoms with Crippen molar-refractivity contribution in [1.82, 2.24) is 14.5 Å². The first-order valence-corrected chi connectivity index (χ1v) is 12.9. The summed E-state index contributed by atoms with van der Waals surface area (Å²) in [5.41, 5.74) is 6.53. The van der Waals surface area contributed by atoms with E-state index in [0.717, 1.165) is 11.3 Å². The smallest absolute Gasteiger partial charge is 0.338 e. The number of carbonyl (C=O) groups is 3. The Balaban J connectivity index is 1.65. The van der Waals surface area contributed by atoms with E-state index < -0.39 is 41.2 Å². The molecule has 208 valence electrons. The van der Waals surface area contributed by atoms with Crippen LogP contribution in [0.2, 0.25) is 0 Å². The van der Waals surface area contributed by atoms with Crippen LogP contribution in [0.15, 0.2) is 71.7 Å². The number of ether oxygens (including phenoxy) is 4. The van der Waals surface area contributed by atoms with Crippen molar-refractivity contribution in [2.45, 2.75) is 32.3 Å². The third-order valence-corrected chi connectivity index (χ3v) is 6.43. The number of fused-ring (bicyclic) bond motifs is 1. The van der Waals surface area contributed by atoms with Crippen molar-refractivity contribution in [2.24, 2.45) is 0 Å². The molecule has 0 saturated carbocycles. The lowest BCUT2D eigenvalue weighted by Gasteiger charge is -2.29. The average molecular weight is 567 g/mol. The molecular weight excluding hydrogens is 540 g/mol. The van der Waals surface area contributed by atoms with Crippen LogP contribution in [0.25, 0.3) is 10.3 Å². The third-order valence-electron chi connectivity index (χ3n) is 5.55. The van der Waals surface area contributed by atoms with Crippen LogP contribution in [-0.2, 0) is 23.7 Å². The molecule has 4 rings (SSSR count). The van der Waals surface area contributed by atoms with Crippen molar-refractivity contribution < 1.29 is 33.3 Å². The molecule has 0 unspecified atom stereocenters. The van der Waals surface area contributed by atoms with Gasteiger partial charge in [0.05, 0.1) is 22.0 Å². The maximum atomic E-state index is 13.1. The maximum Gasteiger partial charge on any atom is 0.338 e. The highest BCUT2D eigenvalue weighted by molar-refractivity contribution is 7.16. The van der Waals surface area contributed by atoms with Gasteiger partial charge in [0.1, 0.15) is 25.4 Å². The molecule has 4 aromatic rings. The topological polar surface area (TPSA) is 162 Å². The Morgan fingerprint density at radius 2 is 1.55 bits per heavy atom. The first-order valence-electron chi connectivity index (χ1n) is 12.1. The predicted molar refractivity (Wildman–Crippen MR) is 145 cm³/mol. The molecule has 40 heavy (non-hydrogen) atoms. The van der Waals surface area contributed by atoms with Gasteiger partial charge < -0.3 is 24.7 Å². The maximum absolute atomic E-state index is 13.1. The molecule has 0 aliphatic rings. The summed E-state index contributed by atoms with van der Waals surface area (Å²) in [6.45, 7) is 2.09. The summed E-state index contributed by atoms with van der Waals surface area (Å²) >= 11 is 0.845. The number of nitrogen functional groups attached to an aromatic ring is 1. The van der Waals surface area contributed by atoms with E-state index in [-0.39, 0.29) is 30.4 Å². The summed E-state index contributed by atoms with van der Waals surface area (Å²) < 4.78 is 24.0. The second kappa shape index (κ2) is 13.0. The van der Waals surface area contributed by atoms with Gasteiger partial charge in [-0.15, -0.1) is 0 Å². The fraction of sp³-hybridized carbons (Fsp3) is 0.259. The fourth-order valence-corrected chi connectivity index (χ4v) is 4.50. The van der Waals surface area contributed by atoms with E-state index in [0.29, 0.717) is 10.3 Å². The van der Waals surface area contributed by atoms with Gasteiger partial charge in [-0.25, -0.2) is 14.6 Å². The van der Waals surface area contributed by atoms with Crippen molar-refractivity contribution in [2.75, 3.05) is 18.9 Å². The van der Waals surface area contributed by atoms with Crippen molar-refractivity contribution >= 4 is 45.5 Å². The molecule has 0 aliphatic carbocycles. The van der Waals surface area contributed by atoms with Crippen molar-refractivity contribution in [3.05, 3.63) is 87.7 Å². The Hall–Kier alpha value is -4.62. The van der Waals surface area contributed by atoms with Crippen LogP contribution < -0.4 is 10.6 Å². The Morgan fingerprint density at radius 3 is 2.17 bits per heavy atom. The second-order valence-electron chi connectivity index (χ2n) is 8.55. The Kier molecular flexibility index (Phi) is 9.19. The summed E-state index contributed by atoms with van der Waals surface area (Å²) in [6.07, 6.45) is -2.00. The number of nitrogens with two attached hydrogens (primary N) is 1. The number of anilines is 1. The number of nitrogens with zero attached hydrogens (tertiary/aromatic N) is 3. The Morgan fingerprint density at radius 1 is 0.950 bits per heavy atom. The molecule has 0 saturated heterocycles. The monoisotopic (exact) mass is 566 g/mol. The van der Waals surface area contributed by atoms with Gasteiger partial charge in [-0.1, -0.05) is 47.7 Å². The zero-order valence-electron chi connectivity index (χ0n) is 21.6. The third kappa shape index (κ3) is 7.07. The summed E-state index contributed by atoms with van der Waals surface area (Å²) in [5, 5.41) is 0. The first kappa shape index (κ1) is 28.4. The summed E-state index contributed by atoms with van der Waals surface area (Å²) in [6, 6.07) is 16.6. The molecule has 2 N–H and O–H groups in total. The summed E-state index contributed by atoms with van der Waals surface area (Å²) in [7, 11) is 0. The lowest BCUT2D eigenvalue weighted by Crippen LogP contribution is -2.39. The van der Waals surface area contributed by atoms with E-state index in [4.69, 9.17) is 24.7 Å². The molecular formula is C27H26N4O8S. The highest BCUT2D eigenvalue weighted by Gasteiger charge is 2.32. The van der Waals surface area contributed by atoms with Crippen LogP contribution in [0, 0.1) is 0 Å². The molecule has 2 heterocycles. The minimum absolute atomic E-state index is 0.0833. The van der Waals surface area contributed by atoms with Gasteiger partial charge in [0, 0.05) is 6.92 Å². The molecule has 13 heteroatoms. The zero-order chi connectivity index (χ0) is 28.6. The van der Waals surface area contributed by atoms with Crippen LogP contribution >= 0.6 is 11.3 Å². The van der Waals surface area contributed by atoms with Gasteiger partial charge in [-0.3, -0.25) is 14.2 Å². The number of benzene rings is 2. The molecule has 0 aliphatic heterocycles. The van der Waals surface area contributed by atoms with Gasteiger partial charge in [0.2, 0.25) is 5.95 Å². The van der Waals surface area contributed by atoms with E-state index in [1.54, 1.807) is 60.7 Å². The molecule has 3 atom stereocenters. The predicted octanol–water partition coefficient (Wildman–Crippen LogP) is 2.98. The normalized spacial score (nSPS) is 13.2. The number of thiazole rings is 1. The molecule has 0 bridgehead atoms. The Bertz CT molecular complexity index is 1540. The van der Waals surface area contributed by atoms with E-state index >= 15 is 0 Å². The van der Waals surface area contributed by atoms with Crippen LogP contribution in [-0.4, -0.2) is 57.9 Å². The quantitative estimate of drug-likeness (QED) is 0.210. The number of hydrogen-bond donors (Lipinski definition) is 1. The number of carbonyl (C=O) groups excluding carboxylic acids is 3. The molecule has 0 radical (unpaired) electrons. The van der Waals surface area contributed by atoms with Gasteiger partial charge in [0.25, 0.3) is 0 Å². The van der Waals surface area contributed by atoms with E-state index in [1.165, 1.54) is 24.6 Å². The fourth-order valence-electron chi connectivity index (χ4n) is 3.68. The minimum Gasteiger partial charge on any atom is -0.463 e. The summed E-state index contributed by atoms with van der Waals surface area (Å²) in [4.78, 5) is 57.8. The van der Waals surface area contributed by atoms with Gasteiger partial charge >= 0.3 is 22.8 Å². The molecule has 2 aromatic heterocycles. The first-order chi connectivity index (χ1) is 19.2. The van der Waals surface area contributed by atoms with Crippen LogP contribution in [0.3, 0.4) is 0 Å². The van der Waals surface area contributed by atoms with Crippen LogP contribution in [0.4, 0.5) is 5.95 Å². The van der Waals surface area contributed by atoms with Gasteiger partial charge in [-0.2, -0.15) is 4.98 Å². The molecule has 12 nitrogen and oxygen atoms in total. The number of hydrogen-bond acceptors (Lipinski definition) is 12. The largest absolute Gasteiger partial charge is 0.463 e. The SMILES string of the molecule is CC(=O)OC[C@@H](COC(=O)c1ccccc1)O[C@H]([C@@H](C)OC(=O)c1ccccc1)n1c(=O)sc2cnc(N)nc21. The lowest BCUT2D eigenvalue weighted by atomic mass is 10.2. The highest BCUT2D eigenvalue weighted by atomic mass is 32.1. The number of aromatic nitrogens is 3. The lowest BCUT2D eigenvalue weighted by molar-refractivity contribution is -0.161.